The molecule has 0 amide bonds. The maximum absolute atomic E-state index is 11.8. The van der Waals surface area contributed by atoms with E-state index >= 15 is 0 Å². The van der Waals surface area contributed by atoms with Gasteiger partial charge < -0.3 is 4.42 Å². The first kappa shape index (κ1) is 12.4. The van der Waals surface area contributed by atoms with Crippen LogP contribution in [0.4, 0.5) is 0 Å². The lowest BCUT2D eigenvalue weighted by molar-refractivity contribution is -0.118. The summed E-state index contributed by atoms with van der Waals surface area (Å²) < 4.78 is 5.62. The Labute approximate surface area is 106 Å². The zero-order chi connectivity index (χ0) is 13.1. The SMILES string of the molecule is CCCC(=O)Cc1c(C)oc2ccc(C#N)cc12. The van der Waals surface area contributed by atoms with Gasteiger partial charge in [0.2, 0.25) is 0 Å². The molecule has 0 unspecified atom stereocenters. The van der Waals surface area contributed by atoms with Crippen molar-refractivity contribution in [2.45, 2.75) is 33.1 Å². The third-order valence-electron chi connectivity index (χ3n) is 3.02. The smallest absolute Gasteiger partial charge is 0.137 e. The predicted molar refractivity (Wildman–Crippen MR) is 69.3 cm³/mol. The van der Waals surface area contributed by atoms with E-state index in [2.05, 4.69) is 6.07 Å². The molecule has 0 saturated carbocycles. The fourth-order valence-corrected chi connectivity index (χ4v) is 2.12. The van der Waals surface area contributed by atoms with Gasteiger partial charge in [-0.3, -0.25) is 4.79 Å². The molecule has 0 radical (unpaired) electrons. The molecule has 2 rings (SSSR count). The summed E-state index contributed by atoms with van der Waals surface area (Å²) in [4.78, 5) is 11.8. The molecule has 0 spiro atoms. The number of hydrogen-bond donors (Lipinski definition) is 0. The molecule has 3 nitrogen and oxygen atoms in total. The van der Waals surface area contributed by atoms with Crippen molar-refractivity contribution in [1.82, 2.24) is 0 Å². The van der Waals surface area contributed by atoms with Gasteiger partial charge in [0.05, 0.1) is 11.6 Å². The summed E-state index contributed by atoms with van der Waals surface area (Å²) in [6, 6.07) is 7.41. The molecule has 1 aromatic carbocycles. The topological polar surface area (TPSA) is 54.0 Å². The van der Waals surface area contributed by atoms with E-state index in [1.54, 1.807) is 18.2 Å². The summed E-state index contributed by atoms with van der Waals surface area (Å²) in [5.74, 6) is 0.982. The number of rotatable bonds is 4. The molecule has 3 heteroatoms. The van der Waals surface area contributed by atoms with Crippen LogP contribution < -0.4 is 0 Å². The van der Waals surface area contributed by atoms with Crippen molar-refractivity contribution in [3.63, 3.8) is 0 Å². The molecular weight excluding hydrogens is 226 g/mol. The largest absolute Gasteiger partial charge is 0.461 e. The minimum absolute atomic E-state index is 0.214. The second-order valence-corrected chi connectivity index (χ2v) is 4.42. The molecule has 92 valence electrons. The third kappa shape index (κ3) is 2.28. The summed E-state index contributed by atoms with van der Waals surface area (Å²) >= 11 is 0. The molecule has 0 N–H and O–H groups in total. The first-order valence-electron chi connectivity index (χ1n) is 6.09. The molecule has 0 aliphatic heterocycles. The summed E-state index contributed by atoms with van der Waals surface area (Å²) in [6.45, 7) is 3.85. The molecule has 0 aliphatic carbocycles. The highest BCUT2D eigenvalue weighted by Gasteiger charge is 2.14. The van der Waals surface area contributed by atoms with Gasteiger partial charge in [-0.2, -0.15) is 5.26 Å². The Balaban J connectivity index is 2.45. The lowest BCUT2D eigenvalue weighted by Gasteiger charge is -1.99. The number of fused-ring (bicyclic) bond motifs is 1. The van der Waals surface area contributed by atoms with Crippen molar-refractivity contribution >= 4 is 16.8 Å². The highest BCUT2D eigenvalue weighted by molar-refractivity contribution is 5.90. The maximum atomic E-state index is 11.8. The van der Waals surface area contributed by atoms with Crippen LogP contribution >= 0.6 is 0 Å². The number of hydrogen-bond acceptors (Lipinski definition) is 3. The standard InChI is InChI=1S/C15H15NO2/c1-3-4-12(17)8-13-10(2)18-15-6-5-11(9-16)7-14(13)15/h5-7H,3-4,8H2,1-2H3. The molecule has 0 fully saturated rings. The van der Waals surface area contributed by atoms with Gasteiger partial charge in [-0.15, -0.1) is 0 Å². The van der Waals surface area contributed by atoms with Gasteiger partial charge in [-0.1, -0.05) is 6.92 Å². The van der Waals surface area contributed by atoms with Gasteiger partial charge >= 0.3 is 0 Å². The van der Waals surface area contributed by atoms with Crippen molar-refractivity contribution in [1.29, 1.82) is 5.26 Å². The van der Waals surface area contributed by atoms with E-state index < -0.39 is 0 Å². The minimum atomic E-state index is 0.214. The second-order valence-electron chi connectivity index (χ2n) is 4.42. The zero-order valence-electron chi connectivity index (χ0n) is 10.6. The number of ketones is 1. The first-order valence-corrected chi connectivity index (χ1v) is 6.09. The van der Waals surface area contributed by atoms with Crippen LogP contribution in [0.25, 0.3) is 11.0 Å². The normalized spacial score (nSPS) is 10.5. The number of benzene rings is 1. The highest BCUT2D eigenvalue weighted by Crippen LogP contribution is 2.27. The van der Waals surface area contributed by atoms with E-state index in [1.165, 1.54) is 0 Å². The monoisotopic (exact) mass is 241 g/mol. The molecule has 1 heterocycles. The van der Waals surface area contributed by atoms with Crippen LogP contribution in [0, 0.1) is 18.3 Å². The van der Waals surface area contributed by atoms with Gasteiger partial charge in [-0.25, -0.2) is 0 Å². The number of carbonyl (C=O) groups is 1. The second kappa shape index (κ2) is 5.05. The Morgan fingerprint density at radius 1 is 1.44 bits per heavy atom. The summed E-state index contributed by atoms with van der Waals surface area (Å²) in [7, 11) is 0. The Morgan fingerprint density at radius 3 is 2.89 bits per heavy atom. The van der Waals surface area contributed by atoms with Gasteiger partial charge in [0, 0.05) is 23.8 Å². The Bertz CT molecular complexity index is 632. The molecular formula is C15H15NO2. The van der Waals surface area contributed by atoms with Gasteiger partial charge in [-0.05, 0) is 31.5 Å². The van der Waals surface area contributed by atoms with Crippen molar-refractivity contribution < 1.29 is 9.21 Å². The van der Waals surface area contributed by atoms with Crippen LogP contribution in [0.15, 0.2) is 22.6 Å². The van der Waals surface area contributed by atoms with Crippen LogP contribution in [0.5, 0.6) is 0 Å². The van der Waals surface area contributed by atoms with Crippen molar-refractivity contribution in [3.8, 4) is 6.07 Å². The Morgan fingerprint density at radius 2 is 2.22 bits per heavy atom. The summed E-state index contributed by atoms with van der Waals surface area (Å²) in [5, 5.41) is 9.80. The van der Waals surface area contributed by atoms with Gasteiger partial charge in [0.15, 0.2) is 0 Å². The van der Waals surface area contributed by atoms with Crippen LogP contribution in [0.2, 0.25) is 0 Å². The molecule has 18 heavy (non-hydrogen) atoms. The lowest BCUT2D eigenvalue weighted by Crippen LogP contribution is -2.02. The number of carbonyl (C=O) groups excluding carboxylic acids is 1. The van der Waals surface area contributed by atoms with E-state index in [0.717, 1.165) is 28.7 Å². The number of nitriles is 1. The summed E-state index contributed by atoms with van der Waals surface area (Å²) in [6.07, 6.45) is 1.84. The number of nitrogens with zero attached hydrogens (tertiary/aromatic N) is 1. The van der Waals surface area contributed by atoms with Crippen LogP contribution in [-0.4, -0.2) is 5.78 Å². The lowest BCUT2D eigenvalue weighted by atomic mass is 10.0. The molecule has 0 bridgehead atoms. The molecule has 0 saturated heterocycles. The van der Waals surface area contributed by atoms with E-state index in [4.69, 9.17) is 9.68 Å². The van der Waals surface area contributed by atoms with Crippen molar-refractivity contribution in [3.05, 3.63) is 35.1 Å². The highest BCUT2D eigenvalue weighted by atomic mass is 16.3. The molecule has 0 aliphatic rings. The molecule has 1 aromatic heterocycles. The van der Waals surface area contributed by atoms with E-state index in [9.17, 15) is 4.79 Å². The average molecular weight is 241 g/mol. The van der Waals surface area contributed by atoms with E-state index in [1.807, 2.05) is 13.8 Å². The van der Waals surface area contributed by atoms with Crippen LogP contribution in [0.1, 0.15) is 36.7 Å². The fraction of sp³-hybridized carbons (Fsp3) is 0.333. The molecule has 2 aromatic rings. The van der Waals surface area contributed by atoms with E-state index in [0.29, 0.717) is 18.4 Å². The zero-order valence-corrected chi connectivity index (χ0v) is 10.6. The quantitative estimate of drug-likeness (QED) is 0.822. The first-order chi connectivity index (χ1) is 8.65. The Kier molecular flexibility index (Phi) is 3.47. The average Bonchev–Trinajstić information content (AvgIpc) is 2.65. The maximum Gasteiger partial charge on any atom is 0.137 e. The third-order valence-corrected chi connectivity index (χ3v) is 3.02. The van der Waals surface area contributed by atoms with Crippen LogP contribution in [0.3, 0.4) is 0 Å². The fourth-order valence-electron chi connectivity index (χ4n) is 2.12. The summed E-state index contributed by atoms with van der Waals surface area (Å²) in [5.41, 5.74) is 2.25. The van der Waals surface area contributed by atoms with Gasteiger partial charge in [0.1, 0.15) is 17.1 Å². The number of furan rings is 1. The predicted octanol–water partition coefficient (Wildman–Crippen LogP) is 3.52. The van der Waals surface area contributed by atoms with Crippen molar-refractivity contribution in [2.75, 3.05) is 0 Å². The van der Waals surface area contributed by atoms with Crippen molar-refractivity contribution in [2.24, 2.45) is 0 Å². The number of aryl methyl sites for hydroxylation is 1. The van der Waals surface area contributed by atoms with Gasteiger partial charge in [0.25, 0.3) is 0 Å². The number of Topliss-reactive ketones (excluding diaryl/α,β-unsaturated/α-hetero) is 1. The Hall–Kier alpha value is -2.08. The minimum Gasteiger partial charge on any atom is -0.461 e. The van der Waals surface area contributed by atoms with E-state index in [-0.39, 0.29) is 5.78 Å². The van der Waals surface area contributed by atoms with Crippen LogP contribution in [-0.2, 0) is 11.2 Å². The molecule has 0 atom stereocenters.